The zero-order valence-corrected chi connectivity index (χ0v) is 20.5. The van der Waals surface area contributed by atoms with Gasteiger partial charge in [-0.2, -0.15) is 13.2 Å². The first-order chi connectivity index (χ1) is 18.3. The van der Waals surface area contributed by atoms with Gasteiger partial charge in [-0.15, -0.1) is 5.10 Å². The molecule has 3 aliphatic rings. The average molecular weight is 526 g/mol. The Bertz CT molecular complexity index is 1390. The van der Waals surface area contributed by atoms with Gasteiger partial charge in [-0.05, 0) is 35.7 Å². The van der Waals surface area contributed by atoms with Crippen molar-refractivity contribution < 1.29 is 27.5 Å². The quantitative estimate of drug-likeness (QED) is 0.502. The monoisotopic (exact) mass is 525 g/mol. The maximum absolute atomic E-state index is 14.4. The highest BCUT2D eigenvalue weighted by atomic mass is 19.4. The zero-order valence-electron chi connectivity index (χ0n) is 20.5. The third-order valence-corrected chi connectivity index (χ3v) is 7.65. The Morgan fingerprint density at radius 3 is 2.82 bits per heavy atom. The van der Waals surface area contributed by atoms with E-state index in [0.717, 1.165) is 5.56 Å². The van der Waals surface area contributed by atoms with E-state index < -0.39 is 36.4 Å². The number of amides is 2. The number of anilines is 1. The molecular formula is C27H26F3N5O3. The third kappa shape index (κ3) is 4.10. The van der Waals surface area contributed by atoms with E-state index in [2.05, 4.69) is 10.3 Å². The topological polar surface area (TPSA) is 80.6 Å². The van der Waals surface area contributed by atoms with Crippen molar-refractivity contribution in [2.75, 3.05) is 18.1 Å². The van der Waals surface area contributed by atoms with Gasteiger partial charge < -0.3 is 14.5 Å². The molecule has 0 radical (unpaired) electrons. The highest BCUT2D eigenvalue weighted by Gasteiger charge is 2.61. The second-order valence-electron chi connectivity index (χ2n) is 9.98. The molecule has 3 aliphatic heterocycles. The number of aryl methyl sites for hydroxylation is 1. The molecule has 2 atom stereocenters. The van der Waals surface area contributed by atoms with E-state index in [-0.39, 0.29) is 19.0 Å². The first kappa shape index (κ1) is 24.4. The number of benzene rings is 2. The van der Waals surface area contributed by atoms with Crippen LogP contribution in [0, 0.1) is 0 Å². The zero-order chi connectivity index (χ0) is 26.5. The van der Waals surface area contributed by atoms with Gasteiger partial charge in [0.25, 0.3) is 0 Å². The molecule has 0 unspecified atom stereocenters. The normalized spacial score (nSPS) is 22.8. The van der Waals surface area contributed by atoms with Gasteiger partial charge in [-0.25, -0.2) is 0 Å². The van der Waals surface area contributed by atoms with Crippen LogP contribution in [0.25, 0.3) is 0 Å². The lowest BCUT2D eigenvalue weighted by Gasteiger charge is -2.35. The van der Waals surface area contributed by atoms with Crippen LogP contribution < -0.4 is 9.64 Å². The van der Waals surface area contributed by atoms with E-state index in [0.29, 0.717) is 48.7 Å². The lowest BCUT2D eigenvalue weighted by Crippen LogP contribution is -2.45. The summed E-state index contributed by atoms with van der Waals surface area (Å²) < 4.78 is 46.8. The van der Waals surface area contributed by atoms with Crippen molar-refractivity contribution in [2.24, 2.45) is 0 Å². The van der Waals surface area contributed by atoms with Crippen molar-refractivity contribution in [3.63, 3.8) is 0 Å². The van der Waals surface area contributed by atoms with Gasteiger partial charge in [-0.1, -0.05) is 35.5 Å². The number of halogens is 3. The molecule has 38 heavy (non-hydrogen) atoms. The number of fused-ring (bicyclic) bond motifs is 8. The highest BCUT2D eigenvalue weighted by Crippen LogP contribution is 2.57. The van der Waals surface area contributed by atoms with Gasteiger partial charge >= 0.3 is 6.18 Å². The van der Waals surface area contributed by atoms with Crippen LogP contribution in [0.1, 0.15) is 48.5 Å². The first-order valence-electron chi connectivity index (χ1n) is 12.7. The van der Waals surface area contributed by atoms with Crippen LogP contribution in [0.15, 0.2) is 54.7 Å². The van der Waals surface area contributed by atoms with Crippen molar-refractivity contribution in [1.82, 2.24) is 19.9 Å². The molecule has 198 valence electrons. The van der Waals surface area contributed by atoms with E-state index in [1.165, 1.54) is 4.90 Å². The smallest absolute Gasteiger partial charge is 0.389 e. The van der Waals surface area contributed by atoms with Crippen molar-refractivity contribution in [2.45, 2.75) is 56.4 Å². The van der Waals surface area contributed by atoms with Crippen molar-refractivity contribution >= 4 is 17.5 Å². The second kappa shape index (κ2) is 9.14. The largest absolute Gasteiger partial charge is 0.494 e. The van der Waals surface area contributed by atoms with Crippen LogP contribution in [-0.4, -0.2) is 51.0 Å². The lowest BCUT2D eigenvalue weighted by molar-refractivity contribution is -0.150. The van der Waals surface area contributed by atoms with Gasteiger partial charge in [0.05, 0.1) is 31.8 Å². The number of hydrogen-bond donors (Lipinski definition) is 0. The van der Waals surface area contributed by atoms with Crippen LogP contribution in [0.3, 0.4) is 0 Å². The molecule has 2 aromatic carbocycles. The van der Waals surface area contributed by atoms with Crippen molar-refractivity contribution in [3.8, 4) is 5.75 Å². The van der Waals surface area contributed by atoms with Crippen LogP contribution in [0.5, 0.6) is 5.75 Å². The second-order valence-corrected chi connectivity index (χ2v) is 9.98. The Morgan fingerprint density at radius 2 is 1.97 bits per heavy atom. The molecule has 0 aliphatic carbocycles. The lowest BCUT2D eigenvalue weighted by atomic mass is 9.72. The molecule has 6 rings (SSSR count). The summed E-state index contributed by atoms with van der Waals surface area (Å²) in [6.07, 6.45) is -3.56. The van der Waals surface area contributed by atoms with Crippen molar-refractivity contribution in [1.29, 1.82) is 0 Å². The molecule has 3 aromatic rings. The summed E-state index contributed by atoms with van der Waals surface area (Å²) in [6.45, 7) is 1.36. The molecule has 6 bridgehead atoms. The maximum Gasteiger partial charge on any atom is 0.389 e. The van der Waals surface area contributed by atoms with E-state index >= 15 is 0 Å². The van der Waals surface area contributed by atoms with Crippen molar-refractivity contribution in [3.05, 3.63) is 71.5 Å². The fourth-order valence-electron chi connectivity index (χ4n) is 6.04. The number of aromatic nitrogens is 3. The molecule has 1 aromatic heterocycles. The minimum Gasteiger partial charge on any atom is -0.494 e. The number of hydrogen-bond acceptors (Lipinski definition) is 5. The predicted molar refractivity (Wildman–Crippen MR) is 130 cm³/mol. The van der Waals surface area contributed by atoms with E-state index in [1.54, 1.807) is 34.0 Å². The summed E-state index contributed by atoms with van der Waals surface area (Å²) in [7, 11) is 0. The van der Waals surface area contributed by atoms with Gasteiger partial charge in [0.1, 0.15) is 16.9 Å². The summed E-state index contributed by atoms with van der Waals surface area (Å²) >= 11 is 0. The molecule has 11 heteroatoms. The van der Waals surface area contributed by atoms with Gasteiger partial charge in [-0.3, -0.25) is 14.3 Å². The Morgan fingerprint density at radius 1 is 1.13 bits per heavy atom. The number of ether oxygens (including phenoxy) is 1. The van der Waals surface area contributed by atoms with Crippen LogP contribution in [0.4, 0.5) is 18.9 Å². The number of rotatable bonds is 2. The molecule has 4 heterocycles. The standard InChI is InChI=1S/C27H26F3N5O3/c28-27(29,30)10-9-23(36)34-13-11-26-21-7-1-2-8-22(21)35(25(26)37)17-19-16-33(32-31-19)12-4-14-38-20-6-3-5-18(15-20)24(26)34/h1-3,5-8,15-16,24H,4,9-14,17H2/t24-,26+/m0/s1. The summed E-state index contributed by atoms with van der Waals surface area (Å²) in [4.78, 5) is 30.8. The minimum absolute atomic E-state index is 0.163. The molecule has 1 saturated heterocycles. The SMILES string of the molecule is O=C(CCC(F)(F)F)N1CC[C@]23C(=O)N(Cc4cn(nn4)CCCOc4cccc(c4)[C@H]12)c1ccccc13. The first-order valence-corrected chi connectivity index (χ1v) is 12.7. The van der Waals surface area contributed by atoms with E-state index in [9.17, 15) is 22.8 Å². The number of para-hydroxylation sites is 1. The number of carbonyl (C=O) groups is 2. The molecule has 0 saturated carbocycles. The Balaban J connectivity index is 1.50. The minimum atomic E-state index is -4.45. The number of carbonyl (C=O) groups excluding carboxylic acids is 2. The molecule has 2 amide bonds. The Labute approximate surface area is 217 Å². The summed E-state index contributed by atoms with van der Waals surface area (Å²) in [5.41, 5.74) is 1.59. The molecule has 8 nitrogen and oxygen atoms in total. The van der Waals surface area contributed by atoms with Crippen LogP contribution in [-0.2, 0) is 28.1 Å². The summed E-state index contributed by atoms with van der Waals surface area (Å²) in [5, 5.41) is 8.44. The van der Waals surface area contributed by atoms with Crippen LogP contribution in [0.2, 0.25) is 0 Å². The molecule has 1 fully saturated rings. The maximum atomic E-state index is 14.4. The Hall–Kier alpha value is -3.89. The molecular weight excluding hydrogens is 499 g/mol. The molecule has 1 spiro atoms. The number of likely N-dealkylation sites (tertiary alicyclic amines) is 1. The third-order valence-electron chi connectivity index (χ3n) is 7.65. The van der Waals surface area contributed by atoms with Crippen LogP contribution >= 0.6 is 0 Å². The Kier molecular flexibility index (Phi) is 5.88. The van der Waals surface area contributed by atoms with Gasteiger partial charge in [0.2, 0.25) is 11.8 Å². The summed E-state index contributed by atoms with van der Waals surface area (Å²) in [6, 6.07) is 13.8. The summed E-state index contributed by atoms with van der Waals surface area (Å²) in [5.74, 6) is -0.261. The highest BCUT2D eigenvalue weighted by molar-refractivity contribution is 6.09. The number of nitrogens with zero attached hydrogens (tertiary/aromatic N) is 5. The molecule has 0 N–H and O–H groups in total. The number of alkyl halides is 3. The predicted octanol–water partition coefficient (Wildman–Crippen LogP) is 4.16. The van der Waals surface area contributed by atoms with E-state index in [1.807, 2.05) is 30.3 Å². The van der Waals surface area contributed by atoms with Gasteiger partial charge in [0, 0.05) is 31.6 Å². The average Bonchev–Trinajstić information content (AvgIpc) is 3.58. The fourth-order valence-corrected chi connectivity index (χ4v) is 6.04. The van der Waals surface area contributed by atoms with Gasteiger partial charge in [0.15, 0.2) is 0 Å². The van der Waals surface area contributed by atoms with E-state index in [4.69, 9.17) is 4.74 Å². The fraction of sp³-hybridized carbons (Fsp3) is 0.407.